The summed E-state index contributed by atoms with van der Waals surface area (Å²) < 4.78 is 54.5. The summed E-state index contributed by atoms with van der Waals surface area (Å²) in [5.41, 5.74) is -3.74. The molecule has 4 aliphatic heterocycles. The molecular formula is C48H80O21. The van der Waals surface area contributed by atoms with Crippen molar-refractivity contribution >= 4 is 5.97 Å². The van der Waals surface area contributed by atoms with Crippen molar-refractivity contribution in [3.8, 4) is 0 Å². The molecule has 0 aromatic rings. The number of aliphatic hydroxyl groups is 11. The molecule has 11 N–H and O–H groups in total. The third-order valence-corrected chi connectivity index (χ3v) is 19.0. The average Bonchev–Trinajstić information content (AvgIpc) is 3.64. The predicted molar refractivity (Wildman–Crippen MR) is 235 cm³/mol. The summed E-state index contributed by atoms with van der Waals surface area (Å²) in [6.07, 6.45) is -18.8. The van der Waals surface area contributed by atoms with Gasteiger partial charge in [-0.25, -0.2) is 0 Å². The maximum Gasteiger partial charge on any atom is 0.302 e. The lowest BCUT2D eigenvalue weighted by molar-refractivity contribution is -0.390. The number of carbonyl (C=O) groups is 1. The van der Waals surface area contributed by atoms with Gasteiger partial charge in [-0.2, -0.15) is 0 Å². The minimum atomic E-state index is -1.86. The van der Waals surface area contributed by atoms with Gasteiger partial charge in [0.25, 0.3) is 0 Å². The molecule has 8 rings (SSSR count). The largest absolute Gasteiger partial charge is 0.466 e. The van der Waals surface area contributed by atoms with Gasteiger partial charge >= 0.3 is 5.97 Å². The molecule has 21 nitrogen and oxygen atoms in total. The summed E-state index contributed by atoms with van der Waals surface area (Å²) >= 11 is 0. The van der Waals surface area contributed by atoms with Gasteiger partial charge in [0.2, 0.25) is 0 Å². The van der Waals surface area contributed by atoms with Crippen molar-refractivity contribution in [2.45, 2.75) is 227 Å². The Bertz CT molecular complexity index is 1780. The molecule has 69 heavy (non-hydrogen) atoms. The highest BCUT2D eigenvalue weighted by atomic mass is 16.8. The van der Waals surface area contributed by atoms with Crippen molar-refractivity contribution in [2.75, 3.05) is 26.9 Å². The Balaban J connectivity index is 0.976. The van der Waals surface area contributed by atoms with E-state index in [9.17, 15) is 61.0 Å². The molecule has 0 bridgehead atoms. The first-order chi connectivity index (χ1) is 32.4. The number of methoxy groups -OCH3 is 1. The molecule has 21 heteroatoms. The summed E-state index contributed by atoms with van der Waals surface area (Å²) in [5.74, 6) is -1.75. The lowest BCUT2D eigenvalue weighted by Gasteiger charge is -2.64. The second-order valence-corrected chi connectivity index (χ2v) is 22.4. The second-order valence-electron chi connectivity index (χ2n) is 22.4. The van der Waals surface area contributed by atoms with E-state index >= 15 is 0 Å². The van der Waals surface area contributed by atoms with E-state index in [1.165, 1.54) is 13.8 Å². The molecule has 0 radical (unpaired) electrons. The third-order valence-electron chi connectivity index (χ3n) is 19.0. The van der Waals surface area contributed by atoms with Crippen LogP contribution in [-0.2, 0) is 47.4 Å². The van der Waals surface area contributed by atoms with E-state index < -0.39 is 146 Å². The van der Waals surface area contributed by atoms with E-state index in [0.29, 0.717) is 44.9 Å². The van der Waals surface area contributed by atoms with E-state index in [1.807, 2.05) is 20.8 Å². The fourth-order valence-electron chi connectivity index (χ4n) is 14.6. The van der Waals surface area contributed by atoms with Crippen molar-refractivity contribution in [1.82, 2.24) is 0 Å². The summed E-state index contributed by atoms with van der Waals surface area (Å²) in [6, 6.07) is 0. The van der Waals surface area contributed by atoms with Crippen LogP contribution in [0.3, 0.4) is 0 Å². The molecule has 0 aromatic heterocycles. The first-order valence-corrected chi connectivity index (χ1v) is 25.2. The summed E-state index contributed by atoms with van der Waals surface area (Å²) in [6.45, 7) is 9.88. The van der Waals surface area contributed by atoms with Crippen molar-refractivity contribution in [1.29, 1.82) is 0 Å². The normalized spacial score (nSPS) is 54.5. The lowest BCUT2D eigenvalue weighted by atomic mass is 9.42. The number of esters is 1. The van der Waals surface area contributed by atoms with Crippen molar-refractivity contribution < 1.29 is 104 Å². The van der Waals surface area contributed by atoms with Crippen LogP contribution in [0.25, 0.3) is 0 Å². The number of aliphatic hydroxyl groups excluding tert-OH is 9. The Hall–Kier alpha value is -1.29. The zero-order chi connectivity index (χ0) is 50.3. The Morgan fingerprint density at radius 2 is 1.36 bits per heavy atom. The van der Waals surface area contributed by atoms with Crippen LogP contribution in [0.5, 0.6) is 0 Å². The van der Waals surface area contributed by atoms with E-state index in [2.05, 4.69) is 6.92 Å². The van der Waals surface area contributed by atoms with Crippen molar-refractivity contribution in [2.24, 2.45) is 40.4 Å². The predicted octanol–water partition coefficient (Wildman–Crippen LogP) is -1.30. The van der Waals surface area contributed by atoms with E-state index in [-0.39, 0.29) is 48.1 Å². The number of hydrogen-bond acceptors (Lipinski definition) is 21. The molecule has 4 saturated carbocycles. The van der Waals surface area contributed by atoms with Gasteiger partial charge in [-0.1, -0.05) is 27.7 Å². The molecule has 4 unspecified atom stereocenters. The number of ether oxygens (including phenoxy) is 9. The van der Waals surface area contributed by atoms with Gasteiger partial charge < -0.3 is 98.8 Å². The van der Waals surface area contributed by atoms with Crippen LogP contribution in [0.15, 0.2) is 0 Å². The van der Waals surface area contributed by atoms with E-state index in [1.54, 1.807) is 7.11 Å². The van der Waals surface area contributed by atoms with Gasteiger partial charge in [-0.15, -0.1) is 0 Å². The van der Waals surface area contributed by atoms with Crippen LogP contribution in [0.4, 0.5) is 0 Å². The molecule has 8 aliphatic rings. The fourth-order valence-corrected chi connectivity index (χ4v) is 14.6. The Morgan fingerprint density at radius 3 is 2.01 bits per heavy atom. The van der Waals surface area contributed by atoms with Crippen LogP contribution in [-0.4, -0.2) is 210 Å². The third kappa shape index (κ3) is 8.85. The van der Waals surface area contributed by atoms with E-state index in [0.717, 1.165) is 12.8 Å². The number of hydrogen-bond donors (Lipinski definition) is 11. The van der Waals surface area contributed by atoms with Gasteiger partial charge in [-0.3, -0.25) is 4.79 Å². The molecule has 27 atom stereocenters. The lowest BCUT2D eigenvalue weighted by Crippen LogP contribution is -2.67. The van der Waals surface area contributed by atoms with Gasteiger partial charge in [-0.05, 0) is 87.4 Å². The van der Waals surface area contributed by atoms with E-state index in [4.69, 9.17) is 42.6 Å². The molecule has 8 fully saturated rings. The monoisotopic (exact) mass is 993 g/mol. The molecule has 0 spiro atoms. The average molecular weight is 993 g/mol. The van der Waals surface area contributed by atoms with Gasteiger partial charge in [0.1, 0.15) is 72.7 Å². The molecular weight excluding hydrogens is 913 g/mol. The maximum absolute atomic E-state index is 13.2. The SMILES string of the molecule is CO[C@]1(CC[C@@H](C)COC(C)=O)OC2C[C@@]3(O)C4CCC5C[C@@H](O[C@@H]6O[C@H](CO)[C@@H](O[C@@H]7O[C@H](CO)[C@@H](O)[C@H](O)[C@H]7O)[C@H](O)[C@H]6O[C@@H]6O[C@@H](C)[C@H](O)[C@@H](O)[C@H]6O)CC[C@]5(C)C4CC[C@]3(C)[C@@]2(O)[C@@H]1C. The highest BCUT2D eigenvalue weighted by Crippen LogP contribution is 2.74. The van der Waals surface area contributed by atoms with Crippen LogP contribution >= 0.6 is 0 Å². The maximum atomic E-state index is 13.2. The first kappa shape index (κ1) is 54.0. The number of fused-ring (bicyclic) bond motifs is 7. The second kappa shape index (κ2) is 20.1. The molecule has 0 aromatic carbocycles. The number of carbonyl (C=O) groups excluding carboxylic acids is 1. The molecule has 4 heterocycles. The standard InChI is InChI=1S/C48H80O21/c1-21(20-62-24(4)51)10-15-47(61-7)23(3)48(60)31(69-47)17-46(59)28-9-8-25-16-26(11-13-44(25,5)27(28)12-14-45(46,48)6)64-43-40(68-41-36(56)34(54)32(52)22(2)63-41)38(58)39(30(19-50)66-43)67-42-37(57)35(55)33(53)29(18-49)65-42/h21-23,25-43,49-50,52-60H,8-20H2,1-7H3/t21-,22+,23-,25?,26+,27?,28?,29-,30-,31?,32+,33-,34-,35+,36-,37-,38+,39-,40-,41+,42+,43-,44+,45+,46-,47-,48-/m1/s1. The Morgan fingerprint density at radius 1 is 0.725 bits per heavy atom. The van der Waals surface area contributed by atoms with Crippen molar-refractivity contribution in [3.05, 3.63) is 0 Å². The van der Waals surface area contributed by atoms with Gasteiger partial charge in [0, 0.05) is 38.2 Å². The van der Waals surface area contributed by atoms with Crippen LogP contribution in [0.2, 0.25) is 0 Å². The highest BCUT2D eigenvalue weighted by Gasteiger charge is 2.81. The summed E-state index contributed by atoms with van der Waals surface area (Å²) in [4.78, 5) is 11.5. The molecule has 4 saturated heterocycles. The molecule has 4 aliphatic carbocycles. The Kier molecular flexibility index (Phi) is 15.7. The zero-order valence-electron chi connectivity index (χ0n) is 40.9. The topological polar surface area (TPSA) is 323 Å². The van der Waals surface area contributed by atoms with Crippen molar-refractivity contribution in [3.63, 3.8) is 0 Å². The zero-order valence-corrected chi connectivity index (χ0v) is 40.9. The van der Waals surface area contributed by atoms with Gasteiger partial charge in [0.05, 0.1) is 43.7 Å². The molecule has 0 amide bonds. The summed E-state index contributed by atoms with van der Waals surface area (Å²) in [5, 5.41) is 122. The quantitative estimate of drug-likeness (QED) is 0.0712. The van der Waals surface area contributed by atoms with Crippen LogP contribution in [0, 0.1) is 40.4 Å². The minimum Gasteiger partial charge on any atom is -0.466 e. The summed E-state index contributed by atoms with van der Waals surface area (Å²) in [7, 11) is 1.60. The van der Waals surface area contributed by atoms with Crippen LogP contribution in [0.1, 0.15) is 106 Å². The minimum absolute atomic E-state index is 0.0419. The fraction of sp³-hybridized carbons (Fsp3) is 0.979. The first-order valence-electron chi connectivity index (χ1n) is 25.2. The Labute approximate surface area is 403 Å². The van der Waals surface area contributed by atoms with Gasteiger partial charge in [0.15, 0.2) is 24.7 Å². The smallest absolute Gasteiger partial charge is 0.302 e. The van der Waals surface area contributed by atoms with Crippen LogP contribution < -0.4 is 0 Å². The highest BCUT2D eigenvalue weighted by molar-refractivity contribution is 5.65. The molecule has 398 valence electrons. The number of rotatable bonds is 14.